The highest BCUT2D eigenvalue weighted by molar-refractivity contribution is 5.76. The molecule has 1 unspecified atom stereocenters. The maximum absolute atomic E-state index is 12.2. The number of alkyl halides is 1. The molecule has 10 nitrogen and oxygen atoms in total. The van der Waals surface area contributed by atoms with Crippen molar-refractivity contribution in [2.45, 2.75) is 37.5 Å². The zero-order chi connectivity index (χ0) is 17.2. The fourth-order valence-corrected chi connectivity index (χ4v) is 0.827. The molecule has 0 aliphatic carbocycles. The van der Waals surface area contributed by atoms with Crippen molar-refractivity contribution in [3.05, 3.63) is 0 Å². The molecule has 11 heteroatoms. The fraction of sp³-hybridized carbons (Fsp3) is 0.600. The van der Waals surface area contributed by atoms with Gasteiger partial charge in [0.05, 0.1) is 0 Å². The van der Waals surface area contributed by atoms with Gasteiger partial charge in [-0.15, -0.1) is 0 Å². The predicted molar refractivity (Wildman–Crippen MR) is 65.2 cm³/mol. The number of nitrogens with two attached hydrogens (primary N) is 2. The average Bonchev–Trinajstić information content (AvgIpc) is 2.35. The Balaban J connectivity index is 0. The van der Waals surface area contributed by atoms with Gasteiger partial charge in [-0.2, -0.15) is 0 Å². The second kappa shape index (κ2) is 10.5. The molecule has 0 heterocycles. The van der Waals surface area contributed by atoms with Crippen molar-refractivity contribution in [2.75, 3.05) is 0 Å². The van der Waals surface area contributed by atoms with Crippen molar-refractivity contribution in [3.63, 3.8) is 0 Å². The number of carbonyl (C=O) groups is 4. The maximum atomic E-state index is 12.2. The number of hydrogen-bond donors (Lipinski definition) is 6. The Morgan fingerprint density at radius 1 is 0.857 bits per heavy atom. The third-order valence-corrected chi connectivity index (χ3v) is 2.03. The Bertz CT molecular complexity index is 371. The standard InChI is InChI=1S/C5H8FNO4.C5H9NO4/c6-2(4(8)9)1-3(7)5(10)11;6-3(5(9)10)1-2-4(7)8/h2-3H,1,7H2,(H,8,9)(H,10,11);3H,1-2,6H2,(H,7,8)(H,9,10)/t2?,3-;3-/m00/s1. The largest absolute Gasteiger partial charge is 0.481 e. The van der Waals surface area contributed by atoms with E-state index >= 15 is 0 Å². The number of halogens is 1. The lowest BCUT2D eigenvalue weighted by Crippen LogP contribution is -2.35. The molecule has 0 aromatic carbocycles. The Labute approximate surface area is 118 Å². The SMILES string of the molecule is N[C@@H](CC(F)C(=O)O)C(=O)O.N[C@@H](CCC(=O)O)C(=O)O. The normalized spacial score (nSPS) is 14.0. The molecule has 0 rings (SSSR count). The van der Waals surface area contributed by atoms with Gasteiger partial charge in [0.15, 0.2) is 6.17 Å². The Morgan fingerprint density at radius 2 is 1.29 bits per heavy atom. The van der Waals surface area contributed by atoms with Crippen molar-refractivity contribution in [1.29, 1.82) is 0 Å². The molecule has 8 N–H and O–H groups in total. The second-order valence-electron chi connectivity index (χ2n) is 3.86. The van der Waals surface area contributed by atoms with E-state index in [-0.39, 0.29) is 12.8 Å². The summed E-state index contributed by atoms with van der Waals surface area (Å²) in [7, 11) is 0. The summed E-state index contributed by atoms with van der Waals surface area (Å²) in [5.41, 5.74) is 9.85. The Hall–Kier alpha value is -2.27. The monoisotopic (exact) mass is 312 g/mol. The van der Waals surface area contributed by atoms with E-state index in [0.29, 0.717) is 0 Å². The molecule has 0 bridgehead atoms. The van der Waals surface area contributed by atoms with Gasteiger partial charge in [-0.1, -0.05) is 0 Å². The summed E-state index contributed by atoms with van der Waals surface area (Å²) in [6.07, 6.45) is -3.14. The van der Waals surface area contributed by atoms with Gasteiger partial charge in [0, 0.05) is 12.8 Å². The van der Waals surface area contributed by atoms with Gasteiger partial charge in [0.1, 0.15) is 12.1 Å². The van der Waals surface area contributed by atoms with Crippen molar-refractivity contribution in [2.24, 2.45) is 11.5 Å². The number of carboxylic acids is 4. The Morgan fingerprint density at radius 3 is 1.57 bits per heavy atom. The molecule has 0 aliphatic rings. The van der Waals surface area contributed by atoms with Gasteiger partial charge in [-0.25, -0.2) is 9.18 Å². The highest BCUT2D eigenvalue weighted by atomic mass is 19.1. The molecule has 21 heavy (non-hydrogen) atoms. The van der Waals surface area contributed by atoms with Gasteiger partial charge in [0.25, 0.3) is 0 Å². The van der Waals surface area contributed by atoms with E-state index in [1.54, 1.807) is 0 Å². The first-order valence-electron chi connectivity index (χ1n) is 5.54. The predicted octanol–water partition coefficient (Wildman–Crippen LogP) is -1.53. The first-order chi connectivity index (χ1) is 9.48. The lowest BCUT2D eigenvalue weighted by Gasteiger charge is -2.06. The van der Waals surface area contributed by atoms with E-state index in [0.717, 1.165) is 0 Å². The minimum absolute atomic E-state index is 0.0231. The van der Waals surface area contributed by atoms with E-state index in [4.69, 9.17) is 31.9 Å². The van der Waals surface area contributed by atoms with Crippen LogP contribution < -0.4 is 11.5 Å². The smallest absolute Gasteiger partial charge is 0.338 e. The fourth-order valence-electron chi connectivity index (χ4n) is 0.827. The van der Waals surface area contributed by atoms with Crippen LogP contribution in [-0.2, 0) is 19.2 Å². The molecule has 0 spiro atoms. The van der Waals surface area contributed by atoms with Crippen LogP contribution in [0, 0.1) is 0 Å². The van der Waals surface area contributed by atoms with Gasteiger partial charge >= 0.3 is 23.9 Å². The van der Waals surface area contributed by atoms with Crippen LogP contribution in [0.25, 0.3) is 0 Å². The lowest BCUT2D eigenvalue weighted by atomic mass is 10.1. The summed E-state index contributed by atoms with van der Waals surface area (Å²) in [4.78, 5) is 39.7. The van der Waals surface area contributed by atoms with E-state index in [2.05, 4.69) is 0 Å². The molecule has 0 aromatic rings. The summed E-state index contributed by atoms with van der Waals surface area (Å²) in [5, 5.41) is 32.4. The minimum Gasteiger partial charge on any atom is -0.481 e. The third-order valence-electron chi connectivity index (χ3n) is 2.03. The lowest BCUT2D eigenvalue weighted by molar-refractivity contribution is -0.145. The van der Waals surface area contributed by atoms with Crippen LogP contribution in [0.3, 0.4) is 0 Å². The van der Waals surface area contributed by atoms with Gasteiger partial charge < -0.3 is 31.9 Å². The van der Waals surface area contributed by atoms with Crippen LogP contribution >= 0.6 is 0 Å². The van der Waals surface area contributed by atoms with Gasteiger partial charge in [-0.3, -0.25) is 14.4 Å². The van der Waals surface area contributed by atoms with Crippen LogP contribution in [0.15, 0.2) is 0 Å². The van der Waals surface area contributed by atoms with Crippen molar-refractivity contribution < 1.29 is 44.0 Å². The molecule has 0 fully saturated rings. The maximum Gasteiger partial charge on any atom is 0.338 e. The summed E-state index contributed by atoms with van der Waals surface area (Å²) in [6.45, 7) is 0. The molecule has 0 aromatic heterocycles. The molecule has 0 radical (unpaired) electrons. The molecule has 0 saturated heterocycles. The molecular formula is C10H17FN2O8. The van der Waals surface area contributed by atoms with Gasteiger partial charge in [0.2, 0.25) is 0 Å². The molecule has 0 amide bonds. The van der Waals surface area contributed by atoms with Gasteiger partial charge in [-0.05, 0) is 6.42 Å². The Kier molecular flexibility index (Phi) is 10.5. The molecular weight excluding hydrogens is 295 g/mol. The average molecular weight is 312 g/mol. The minimum atomic E-state index is -2.21. The van der Waals surface area contributed by atoms with Crippen LogP contribution in [0.1, 0.15) is 19.3 Å². The topological polar surface area (TPSA) is 201 Å². The van der Waals surface area contributed by atoms with Crippen molar-refractivity contribution in [3.8, 4) is 0 Å². The molecule has 0 saturated carbocycles. The van der Waals surface area contributed by atoms with Crippen LogP contribution in [0.4, 0.5) is 4.39 Å². The molecule has 0 aliphatic heterocycles. The van der Waals surface area contributed by atoms with Crippen LogP contribution in [0.5, 0.6) is 0 Å². The van der Waals surface area contributed by atoms with Crippen molar-refractivity contribution in [1.82, 2.24) is 0 Å². The number of hydrogen-bond acceptors (Lipinski definition) is 6. The zero-order valence-corrected chi connectivity index (χ0v) is 10.8. The highest BCUT2D eigenvalue weighted by Crippen LogP contribution is 2.00. The summed E-state index contributed by atoms with van der Waals surface area (Å²) in [5.74, 6) is -5.30. The van der Waals surface area contributed by atoms with E-state index in [1.165, 1.54) is 0 Å². The van der Waals surface area contributed by atoms with Crippen molar-refractivity contribution >= 4 is 23.9 Å². The second-order valence-corrected chi connectivity index (χ2v) is 3.86. The first-order valence-corrected chi connectivity index (χ1v) is 5.54. The zero-order valence-electron chi connectivity index (χ0n) is 10.8. The third kappa shape index (κ3) is 12.5. The van der Waals surface area contributed by atoms with Crippen LogP contribution in [0.2, 0.25) is 0 Å². The number of carboxylic acid groups (broad SMARTS) is 4. The van der Waals surface area contributed by atoms with E-state index in [1.807, 2.05) is 0 Å². The first kappa shape index (κ1) is 21.0. The summed E-state index contributed by atoms with van der Waals surface area (Å²) in [6, 6.07) is -2.52. The number of aliphatic carboxylic acids is 4. The van der Waals surface area contributed by atoms with E-state index in [9.17, 15) is 23.6 Å². The summed E-state index contributed by atoms with van der Waals surface area (Å²) >= 11 is 0. The van der Waals surface area contributed by atoms with E-state index < -0.39 is 48.6 Å². The molecule has 3 atom stereocenters. The quantitative estimate of drug-likeness (QED) is 0.305. The highest BCUT2D eigenvalue weighted by Gasteiger charge is 2.23. The van der Waals surface area contributed by atoms with Crippen LogP contribution in [-0.4, -0.2) is 62.6 Å². The number of rotatable bonds is 8. The molecule has 122 valence electrons. The summed E-state index contributed by atoms with van der Waals surface area (Å²) < 4.78 is 12.2.